The first-order valence-corrected chi connectivity index (χ1v) is 10.9. The number of likely N-dealkylation sites (tertiary alicyclic amines) is 1. The topological polar surface area (TPSA) is 66.5 Å². The lowest BCUT2D eigenvalue weighted by atomic mass is 10.0. The summed E-state index contributed by atoms with van der Waals surface area (Å²) in [7, 11) is -4.66. The second-order valence-corrected chi connectivity index (χ2v) is 8.73. The van der Waals surface area contributed by atoms with Gasteiger partial charge in [0.2, 0.25) is 15.9 Å². The Hall–Kier alpha value is -2.46. The van der Waals surface area contributed by atoms with E-state index in [1.54, 1.807) is 4.90 Å². The number of rotatable bonds is 6. The fourth-order valence-corrected chi connectivity index (χ4v) is 4.63. The number of amides is 1. The lowest BCUT2D eigenvalue weighted by Gasteiger charge is -2.29. The standard InChI is InChI=1S/C20H20F4N2O3S/c21-14-6-4-13(5-7-14)16(12-18(27)26-10-2-1-3-11-26)25-30(28,29)17-9-8-15(22)19(23)20(17)24/h4-9,16,25H,1-3,10-12H2/t16-/m1/s1. The van der Waals surface area contributed by atoms with Crippen LogP contribution in [0.15, 0.2) is 41.3 Å². The summed E-state index contributed by atoms with van der Waals surface area (Å²) in [5, 5.41) is 0. The first kappa shape index (κ1) is 22.2. The van der Waals surface area contributed by atoms with Crippen LogP contribution in [0.1, 0.15) is 37.3 Å². The molecule has 1 fully saturated rings. The highest BCUT2D eigenvalue weighted by molar-refractivity contribution is 7.89. The highest BCUT2D eigenvalue weighted by Crippen LogP contribution is 2.25. The number of piperidine rings is 1. The van der Waals surface area contributed by atoms with E-state index in [0.29, 0.717) is 25.2 Å². The summed E-state index contributed by atoms with van der Waals surface area (Å²) >= 11 is 0. The second kappa shape index (κ2) is 9.13. The minimum absolute atomic E-state index is 0.272. The molecule has 0 bridgehead atoms. The molecule has 2 aromatic rings. The van der Waals surface area contributed by atoms with Gasteiger partial charge >= 0.3 is 0 Å². The average molecular weight is 444 g/mol. The molecule has 0 aliphatic carbocycles. The Morgan fingerprint density at radius 2 is 1.57 bits per heavy atom. The van der Waals surface area contributed by atoms with Gasteiger partial charge in [-0.25, -0.2) is 30.7 Å². The van der Waals surface area contributed by atoms with E-state index in [0.717, 1.165) is 31.4 Å². The molecule has 30 heavy (non-hydrogen) atoms. The maximum absolute atomic E-state index is 14.1. The zero-order valence-electron chi connectivity index (χ0n) is 15.9. The van der Waals surface area contributed by atoms with E-state index in [-0.39, 0.29) is 17.9 Å². The lowest BCUT2D eigenvalue weighted by Crippen LogP contribution is -2.39. The van der Waals surface area contributed by atoms with Crippen molar-refractivity contribution in [3.05, 3.63) is 65.2 Å². The Morgan fingerprint density at radius 1 is 0.933 bits per heavy atom. The largest absolute Gasteiger partial charge is 0.343 e. The maximum atomic E-state index is 14.1. The quantitative estimate of drug-likeness (QED) is 0.546. The van der Waals surface area contributed by atoms with E-state index >= 15 is 0 Å². The Labute approximate surface area is 171 Å². The first-order chi connectivity index (χ1) is 14.2. The SMILES string of the molecule is O=C(C[C@@H](NS(=O)(=O)c1ccc(F)c(F)c1F)c1ccc(F)cc1)N1CCCCC1. The highest BCUT2D eigenvalue weighted by atomic mass is 32.2. The van der Waals surface area contributed by atoms with Crippen LogP contribution in [-0.4, -0.2) is 32.3 Å². The highest BCUT2D eigenvalue weighted by Gasteiger charge is 2.30. The molecule has 0 saturated carbocycles. The summed E-state index contributed by atoms with van der Waals surface area (Å²) in [5.74, 6) is -6.18. The van der Waals surface area contributed by atoms with Gasteiger partial charge in [-0.15, -0.1) is 0 Å². The van der Waals surface area contributed by atoms with Crippen LogP contribution in [0, 0.1) is 23.3 Å². The van der Waals surface area contributed by atoms with Crippen LogP contribution in [0.2, 0.25) is 0 Å². The van der Waals surface area contributed by atoms with Crippen molar-refractivity contribution in [2.24, 2.45) is 0 Å². The number of hydrogen-bond acceptors (Lipinski definition) is 3. The van der Waals surface area contributed by atoms with Crippen molar-refractivity contribution in [1.82, 2.24) is 9.62 Å². The molecular weight excluding hydrogens is 424 g/mol. The van der Waals surface area contributed by atoms with Crippen LogP contribution >= 0.6 is 0 Å². The summed E-state index contributed by atoms with van der Waals surface area (Å²) in [6, 6.07) is 4.74. The lowest BCUT2D eigenvalue weighted by molar-refractivity contribution is -0.132. The van der Waals surface area contributed by atoms with Crippen molar-refractivity contribution in [3.63, 3.8) is 0 Å². The van der Waals surface area contributed by atoms with Crippen molar-refractivity contribution in [2.75, 3.05) is 13.1 Å². The predicted molar refractivity (Wildman–Crippen MR) is 101 cm³/mol. The van der Waals surface area contributed by atoms with Crippen LogP contribution in [0.3, 0.4) is 0 Å². The average Bonchev–Trinajstić information content (AvgIpc) is 2.72. The second-order valence-electron chi connectivity index (χ2n) is 7.04. The summed E-state index contributed by atoms with van der Waals surface area (Å²) in [5.41, 5.74) is 0.272. The van der Waals surface area contributed by atoms with Gasteiger partial charge in [0.1, 0.15) is 10.7 Å². The Bertz CT molecular complexity index is 1020. The fraction of sp³-hybridized carbons (Fsp3) is 0.350. The number of sulfonamides is 1. The summed E-state index contributed by atoms with van der Waals surface area (Å²) in [6.45, 7) is 1.08. The van der Waals surface area contributed by atoms with E-state index in [1.165, 1.54) is 12.1 Å². The third kappa shape index (κ3) is 4.99. The first-order valence-electron chi connectivity index (χ1n) is 9.38. The van der Waals surface area contributed by atoms with Gasteiger partial charge in [-0.2, -0.15) is 0 Å². The molecule has 0 radical (unpaired) electrons. The molecule has 1 atom stereocenters. The van der Waals surface area contributed by atoms with Crippen LogP contribution in [0.4, 0.5) is 17.6 Å². The number of nitrogens with one attached hydrogen (secondary N) is 1. The van der Waals surface area contributed by atoms with Gasteiger partial charge in [-0.3, -0.25) is 4.79 Å². The molecule has 1 aliphatic heterocycles. The molecule has 1 N–H and O–H groups in total. The van der Waals surface area contributed by atoms with Crippen molar-refractivity contribution >= 4 is 15.9 Å². The van der Waals surface area contributed by atoms with Gasteiger partial charge in [-0.05, 0) is 49.1 Å². The molecule has 2 aromatic carbocycles. The third-order valence-corrected chi connectivity index (χ3v) is 6.44. The molecular formula is C20H20F4N2O3S. The van der Waals surface area contributed by atoms with Crippen molar-refractivity contribution < 1.29 is 30.8 Å². The van der Waals surface area contributed by atoms with Crippen molar-refractivity contribution in [3.8, 4) is 0 Å². The zero-order chi connectivity index (χ0) is 21.9. The fourth-order valence-electron chi connectivity index (χ4n) is 3.34. The summed E-state index contributed by atoms with van der Waals surface area (Å²) in [4.78, 5) is 13.2. The number of benzene rings is 2. The van der Waals surface area contributed by atoms with Crippen LogP contribution < -0.4 is 4.72 Å². The van der Waals surface area contributed by atoms with E-state index in [9.17, 15) is 30.8 Å². The van der Waals surface area contributed by atoms with Crippen LogP contribution in [-0.2, 0) is 14.8 Å². The monoisotopic (exact) mass is 444 g/mol. The van der Waals surface area contributed by atoms with E-state index in [4.69, 9.17) is 0 Å². The number of hydrogen-bond donors (Lipinski definition) is 1. The van der Waals surface area contributed by atoms with Gasteiger partial charge in [0.05, 0.1) is 6.04 Å². The molecule has 0 spiro atoms. The molecule has 162 valence electrons. The molecule has 1 amide bonds. The normalized spacial score (nSPS) is 15.8. The van der Waals surface area contributed by atoms with E-state index in [2.05, 4.69) is 4.72 Å². The molecule has 0 aromatic heterocycles. The predicted octanol–water partition coefficient (Wildman–Crippen LogP) is 3.67. The van der Waals surface area contributed by atoms with Crippen molar-refractivity contribution in [2.45, 2.75) is 36.6 Å². The number of nitrogens with zero attached hydrogens (tertiary/aromatic N) is 1. The zero-order valence-corrected chi connectivity index (χ0v) is 16.7. The molecule has 1 aliphatic rings. The Kier molecular flexibility index (Phi) is 6.77. The van der Waals surface area contributed by atoms with Crippen LogP contribution in [0.25, 0.3) is 0 Å². The smallest absolute Gasteiger partial charge is 0.244 e. The van der Waals surface area contributed by atoms with Crippen LogP contribution in [0.5, 0.6) is 0 Å². The number of carbonyl (C=O) groups excluding carboxylic acids is 1. The Balaban J connectivity index is 1.90. The molecule has 1 heterocycles. The molecule has 0 unspecified atom stereocenters. The van der Waals surface area contributed by atoms with Gasteiger partial charge in [-0.1, -0.05) is 12.1 Å². The van der Waals surface area contributed by atoms with Gasteiger partial charge in [0, 0.05) is 19.5 Å². The van der Waals surface area contributed by atoms with Gasteiger partial charge in [0.25, 0.3) is 0 Å². The molecule has 3 rings (SSSR count). The summed E-state index contributed by atoms with van der Waals surface area (Å²) < 4.78 is 81.6. The molecule has 10 heteroatoms. The Morgan fingerprint density at radius 3 is 2.20 bits per heavy atom. The number of halogens is 4. The molecule has 1 saturated heterocycles. The minimum Gasteiger partial charge on any atom is -0.343 e. The third-order valence-electron chi connectivity index (χ3n) is 4.95. The number of carbonyl (C=O) groups is 1. The van der Waals surface area contributed by atoms with E-state index in [1.807, 2.05) is 0 Å². The van der Waals surface area contributed by atoms with Crippen molar-refractivity contribution in [1.29, 1.82) is 0 Å². The maximum Gasteiger partial charge on any atom is 0.244 e. The van der Waals surface area contributed by atoms with Gasteiger partial charge < -0.3 is 4.90 Å². The van der Waals surface area contributed by atoms with Gasteiger partial charge in [0.15, 0.2) is 17.5 Å². The van der Waals surface area contributed by atoms with E-state index < -0.39 is 44.2 Å². The summed E-state index contributed by atoms with van der Waals surface area (Å²) in [6.07, 6.45) is 2.36. The molecule has 5 nitrogen and oxygen atoms in total. The minimum atomic E-state index is -4.66.